The van der Waals surface area contributed by atoms with Crippen molar-refractivity contribution in [1.82, 2.24) is 10.6 Å². The lowest BCUT2D eigenvalue weighted by Gasteiger charge is -2.14. The molecule has 0 fully saturated rings. The first-order valence-electron chi connectivity index (χ1n) is 10.6. The van der Waals surface area contributed by atoms with E-state index in [2.05, 4.69) is 21.7 Å². The van der Waals surface area contributed by atoms with Gasteiger partial charge in [0.05, 0.1) is 27.9 Å². The molecule has 0 aliphatic heterocycles. The number of hydrogen-bond acceptors (Lipinski definition) is 6. The molecule has 2 N–H and O–H groups in total. The monoisotopic (exact) mass is 443 g/mol. The van der Waals surface area contributed by atoms with Crippen LogP contribution in [0.3, 0.4) is 0 Å². The Hall–Kier alpha value is -3.42. The third-order valence-corrected chi connectivity index (χ3v) is 4.82. The summed E-state index contributed by atoms with van der Waals surface area (Å²) in [6, 6.07) is 11.4. The molecule has 0 amide bonds. The molecule has 0 saturated carbocycles. The SMILES string of the molecule is CCOc1cc(CCCNC(=NC)NCc2ccc(OC)c(C(=O)OC)c2)ccc1OC. The molecule has 174 valence electrons. The van der Waals surface area contributed by atoms with Gasteiger partial charge in [-0.1, -0.05) is 12.1 Å². The van der Waals surface area contributed by atoms with Crippen molar-refractivity contribution in [2.75, 3.05) is 41.5 Å². The normalized spacial score (nSPS) is 11.0. The van der Waals surface area contributed by atoms with Gasteiger partial charge in [-0.2, -0.15) is 0 Å². The Labute approximate surface area is 189 Å². The number of esters is 1. The Balaban J connectivity index is 1.85. The van der Waals surface area contributed by atoms with Crippen molar-refractivity contribution in [3.63, 3.8) is 0 Å². The van der Waals surface area contributed by atoms with Crippen LogP contribution in [0.2, 0.25) is 0 Å². The van der Waals surface area contributed by atoms with E-state index in [9.17, 15) is 4.79 Å². The largest absolute Gasteiger partial charge is 0.496 e. The molecule has 32 heavy (non-hydrogen) atoms. The van der Waals surface area contributed by atoms with Gasteiger partial charge in [0, 0.05) is 20.1 Å². The van der Waals surface area contributed by atoms with Crippen molar-refractivity contribution in [2.24, 2.45) is 4.99 Å². The van der Waals surface area contributed by atoms with E-state index in [1.54, 1.807) is 26.3 Å². The number of rotatable bonds is 11. The van der Waals surface area contributed by atoms with Gasteiger partial charge in [-0.25, -0.2) is 4.79 Å². The number of carbonyl (C=O) groups is 1. The molecule has 2 rings (SSSR count). The number of aryl methyl sites for hydroxylation is 1. The molecule has 0 bridgehead atoms. The van der Waals surface area contributed by atoms with Gasteiger partial charge in [0.25, 0.3) is 0 Å². The van der Waals surface area contributed by atoms with Crippen molar-refractivity contribution < 1.29 is 23.7 Å². The van der Waals surface area contributed by atoms with Crippen LogP contribution in [0, 0.1) is 0 Å². The summed E-state index contributed by atoms with van der Waals surface area (Å²) >= 11 is 0. The highest BCUT2D eigenvalue weighted by molar-refractivity contribution is 5.92. The molecule has 2 aromatic rings. The summed E-state index contributed by atoms with van der Waals surface area (Å²) in [5.41, 5.74) is 2.49. The predicted octanol–water partition coefficient (Wildman–Crippen LogP) is 3.19. The maximum Gasteiger partial charge on any atom is 0.341 e. The van der Waals surface area contributed by atoms with Gasteiger partial charge in [-0.15, -0.1) is 0 Å². The van der Waals surface area contributed by atoms with E-state index >= 15 is 0 Å². The zero-order chi connectivity index (χ0) is 23.3. The van der Waals surface area contributed by atoms with Crippen molar-refractivity contribution in [1.29, 1.82) is 0 Å². The Bertz CT molecular complexity index is 915. The minimum absolute atomic E-state index is 0.392. The zero-order valence-electron chi connectivity index (χ0n) is 19.5. The number of carbonyl (C=O) groups excluding carboxylic acids is 1. The number of nitrogens with zero attached hydrogens (tertiary/aromatic N) is 1. The van der Waals surface area contributed by atoms with Crippen molar-refractivity contribution in [2.45, 2.75) is 26.3 Å². The van der Waals surface area contributed by atoms with Gasteiger partial charge in [0.1, 0.15) is 11.3 Å². The molecule has 0 unspecified atom stereocenters. The first kappa shape index (κ1) is 24.8. The lowest BCUT2D eigenvalue weighted by molar-refractivity contribution is 0.0597. The molecule has 2 aromatic carbocycles. The average Bonchev–Trinajstić information content (AvgIpc) is 2.83. The van der Waals surface area contributed by atoms with Crippen molar-refractivity contribution in [3.05, 3.63) is 53.1 Å². The second-order valence-electron chi connectivity index (χ2n) is 6.90. The number of hydrogen-bond donors (Lipinski definition) is 2. The van der Waals surface area contributed by atoms with Crippen LogP contribution in [0.25, 0.3) is 0 Å². The van der Waals surface area contributed by atoms with E-state index in [4.69, 9.17) is 18.9 Å². The quantitative estimate of drug-likeness (QED) is 0.239. The van der Waals surface area contributed by atoms with E-state index in [1.807, 2.05) is 25.1 Å². The smallest absolute Gasteiger partial charge is 0.341 e. The summed E-state index contributed by atoms with van der Waals surface area (Å²) in [6.07, 6.45) is 1.82. The molecule has 0 aliphatic rings. The molecule has 0 saturated heterocycles. The van der Waals surface area contributed by atoms with E-state index in [1.165, 1.54) is 19.8 Å². The fourth-order valence-corrected chi connectivity index (χ4v) is 3.19. The minimum atomic E-state index is -0.433. The fraction of sp³-hybridized carbons (Fsp3) is 0.417. The highest BCUT2D eigenvalue weighted by Crippen LogP contribution is 2.28. The first-order valence-corrected chi connectivity index (χ1v) is 10.6. The van der Waals surface area contributed by atoms with E-state index in [0.29, 0.717) is 30.4 Å². The van der Waals surface area contributed by atoms with Crippen LogP contribution in [0.15, 0.2) is 41.4 Å². The molecular weight excluding hydrogens is 410 g/mol. The highest BCUT2D eigenvalue weighted by Gasteiger charge is 2.13. The molecule has 8 heteroatoms. The summed E-state index contributed by atoms with van der Waals surface area (Å²) < 4.78 is 21.0. The van der Waals surface area contributed by atoms with Crippen LogP contribution in [0.5, 0.6) is 17.2 Å². The second-order valence-corrected chi connectivity index (χ2v) is 6.90. The van der Waals surface area contributed by atoms with Crippen molar-refractivity contribution in [3.8, 4) is 17.2 Å². The molecule has 0 atom stereocenters. The number of ether oxygens (including phenoxy) is 4. The van der Waals surface area contributed by atoms with Gasteiger partial charge in [-0.3, -0.25) is 4.99 Å². The summed E-state index contributed by atoms with van der Waals surface area (Å²) in [5.74, 6) is 2.24. The Morgan fingerprint density at radius 1 is 0.938 bits per heavy atom. The van der Waals surface area contributed by atoms with Gasteiger partial charge < -0.3 is 29.6 Å². The molecule has 0 radical (unpaired) electrons. The Kier molecular flexibility index (Phi) is 10.2. The van der Waals surface area contributed by atoms with Crippen LogP contribution in [0.4, 0.5) is 0 Å². The van der Waals surface area contributed by atoms with Crippen LogP contribution in [-0.2, 0) is 17.7 Å². The molecule has 0 aromatic heterocycles. The third-order valence-electron chi connectivity index (χ3n) is 4.82. The van der Waals surface area contributed by atoms with E-state index in [-0.39, 0.29) is 0 Å². The topological polar surface area (TPSA) is 90.4 Å². The maximum absolute atomic E-state index is 12.0. The summed E-state index contributed by atoms with van der Waals surface area (Å²) in [7, 11) is 6.24. The lowest BCUT2D eigenvalue weighted by Crippen LogP contribution is -2.37. The minimum Gasteiger partial charge on any atom is -0.496 e. The molecular formula is C24H33N3O5. The number of guanidine groups is 1. The highest BCUT2D eigenvalue weighted by atomic mass is 16.5. The second kappa shape index (κ2) is 13.1. The Morgan fingerprint density at radius 3 is 2.31 bits per heavy atom. The summed E-state index contributed by atoms with van der Waals surface area (Å²) in [4.78, 5) is 16.2. The number of nitrogens with one attached hydrogen (secondary N) is 2. The van der Waals surface area contributed by atoms with Gasteiger partial charge >= 0.3 is 5.97 Å². The molecule has 0 heterocycles. The first-order chi connectivity index (χ1) is 15.6. The van der Waals surface area contributed by atoms with Crippen LogP contribution >= 0.6 is 0 Å². The molecule has 8 nitrogen and oxygen atoms in total. The van der Waals surface area contributed by atoms with E-state index in [0.717, 1.165) is 36.4 Å². The van der Waals surface area contributed by atoms with Crippen LogP contribution in [-0.4, -0.2) is 53.5 Å². The molecule has 0 spiro atoms. The van der Waals surface area contributed by atoms with E-state index < -0.39 is 5.97 Å². The number of benzene rings is 2. The van der Waals surface area contributed by atoms with Gasteiger partial charge in [-0.05, 0) is 55.2 Å². The fourth-order valence-electron chi connectivity index (χ4n) is 3.19. The van der Waals surface area contributed by atoms with Crippen LogP contribution < -0.4 is 24.8 Å². The summed E-state index contributed by atoms with van der Waals surface area (Å²) in [5, 5.41) is 6.57. The van der Waals surface area contributed by atoms with Crippen LogP contribution in [0.1, 0.15) is 34.8 Å². The zero-order valence-corrected chi connectivity index (χ0v) is 19.5. The lowest BCUT2D eigenvalue weighted by atomic mass is 10.1. The number of methoxy groups -OCH3 is 3. The number of aliphatic imine (C=N–C) groups is 1. The average molecular weight is 444 g/mol. The third kappa shape index (κ3) is 7.08. The standard InChI is InChI=1S/C24H33N3O5/c1-6-32-22-15-17(9-12-21(22)30-4)8-7-13-26-24(25-2)27-16-18-10-11-20(29-3)19(14-18)23(28)31-5/h9-12,14-15H,6-8,13,16H2,1-5H3,(H2,25,26,27). The summed E-state index contributed by atoms with van der Waals surface area (Å²) in [6.45, 7) is 3.81. The van der Waals surface area contributed by atoms with Gasteiger partial charge in [0.2, 0.25) is 0 Å². The maximum atomic E-state index is 12.0. The predicted molar refractivity (Wildman–Crippen MR) is 125 cm³/mol. The Morgan fingerprint density at radius 2 is 1.66 bits per heavy atom. The molecule has 0 aliphatic carbocycles. The van der Waals surface area contributed by atoms with Crippen molar-refractivity contribution >= 4 is 11.9 Å². The van der Waals surface area contributed by atoms with Gasteiger partial charge in [0.15, 0.2) is 17.5 Å².